The van der Waals surface area contributed by atoms with E-state index >= 15 is 0 Å². The maximum Gasteiger partial charge on any atom is 0.170 e. The summed E-state index contributed by atoms with van der Waals surface area (Å²) in [6, 6.07) is 7.19. The van der Waals surface area contributed by atoms with Crippen molar-refractivity contribution >= 4 is 21.7 Å². The fraction of sp³-hybridized carbons (Fsp3) is 0.188. The lowest BCUT2D eigenvalue weighted by Gasteiger charge is -2.08. The standard InChI is InChI=1S/C16H13BrF2O2/c1-9-5-12(15(19)8-14(9)18)16(20)7-10-6-11(21-2)3-4-13(10)17/h3-6,8H,7H2,1-2H3. The van der Waals surface area contributed by atoms with Crippen LogP contribution in [0.2, 0.25) is 0 Å². The van der Waals surface area contributed by atoms with E-state index < -0.39 is 17.4 Å². The van der Waals surface area contributed by atoms with Gasteiger partial charge < -0.3 is 4.74 Å². The number of carbonyl (C=O) groups excluding carboxylic acids is 1. The molecule has 21 heavy (non-hydrogen) atoms. The summed E-state index contributed by atoms with van der Waals surface area (Å²) < 4.78 is 32.8. The van der Waals surface area contributed by atoms with Crippen LogP contribution in [0, 0.1) is 18.6 Å². The highest BCUT2D eigenvalue weighted by Crippen LogP contribution is 2.25. The van der Waals surface area contributed by atoms with Crippen LogP contribution in [0.5, 0.6) is 5.75 Å². The number of ether oxygens (including phenoxy) is 1. The largest absolute Gasteiger partial charge is 0.497 e. The Balaban J connectivity index is 2.32. The Morgan fingerprint density at radius 3 is 2.57 bits per heavy atom. The van der Waals surface area contributed by atoms with Crippen LogP contribution in [0.3, 0.4) is 0 Å². The highest BCUT2D eigenvalue weighted by molar-refractivity contribution is 9.10. The monoisotopic (exact) mass is 354 g/mol. The number of hydrogen-bond acceptors (Lipinski definition) is 2. The van der Waals surface area contributed by atoms with Gasteiger partial charge in [-0.25, -0.2) is 8.78 Å². The summed E-state index contributed by atoms with van der Waals surface area (Å²) in [5.74, 6) is -1.31. The Labute approximate surface area is 129 Å². The average molecular weight is 355 g/mol. The van der Waals surface area contributed by atoms with Gasteiger partial charge in [0.25, 0.3) is 0 Å². The van der Waals surface area contributed by atoms with Crippen LogP contribution < -0.4 is 4.74 Å². The second-order valence-corrected chi connectivity index (χ2v) is 5.49. The zero-order chi connectivity index (χ0) is 15.6. The smallest absolute Gasteiger partial charge is 0.170 e. The van der Waals surface area contributed by atoms with Crippen molar-refractivity contribution in [2.45, 2.75) is 13.3 Å². The van der Waals surface area contributed by atoms with E-state index in [4.69, 9.17) is 4.74 Å². The van der Waals surface area contributed by atoms with Crippen molar-refractivity contribution in [3.63, 3.8) is 0 Å². The first-order chi connectivity index (χ1) is 9.92. The predicted octanol–water partition coefficient (Wildman–Crippen LogP) is 4.47. The molecule has 0 unspecified atom stereocenters. The van der Waals surface area contributed by atoms with Crippen LogP contribution in [0.1, 0.15) is 21.5 Å². The number of hydrogen-bond donors (Lipinski definition) is 0. The molecular weight excluding hydrogens is 342 g/mol. The molecule has 2 nitrogen and oxygen atoms in total. The van der Waals surface area contributed by atoms with E-state index in [1.165, 1.54) is 20.1 Å². The van der Waals surface area contributed by atoms with Gasteiger partial charge >= 0.3 is 0 Å². The summed E-state index contributed by atoms with van der Waals surface area (Å²) in [6.07, 6.45) is -0.000223. The Hall–Kier alpha value is -1.75. The van der Waals surface area contributed by atoms with Gasteiger partial charge in [0.05, 0.1) is 12.7 Å². The van der Waals surface area contributed by atoms with E-state index in [-0.39, 0.29) is 17.5 Å². The van der Waals surface area contributed by atoms with Crippen LogP contribution in [-0.2, 0) is 6.42 Å². The predicted molar refractivity (Wildman–Crippen MR) is 79.8 cm³/mol. The lowest BCUT2D eigenvalue weighted by molar-refractivity contribution is 0.0988. The van der Waals surface area contributed by atoms with Crippen LogP contribution in [0.25, 0.3) is 0 Å². The molecule has 2 aromatic rings. The third-order valence-corrected chi connectivity index (χ3v) is 3.93. The Morgan fingerprint density at radius 1 is 1.19 bits per heavy atom. The molecule has 0 saturated heterocycles. The van der Waals surface area contributed by atoms with Crippen molar-refractivity contribution in [3.05, 3.63) is 63.1 Å². The van der Waals surface area contributed by atoms with Crippen molar-refractivity contribution in [2.75, 3.05) is 7.11 Å². The molecule has 0 N–H and O–H groups in total. The molecule has 0 bridgehead atoms. The second kappa shape index (κ2) is 6.35. The number of Topliss-reactive ketones (excluding diaryl/α,β-unsaturated/α-hetero) is 1. The molecule has 5 heteroatoms. The summed E-state index contributed by atoms with van der Waals surface area (Å²) >= 11 is 3.34. The Kier molecular flexibility index (Phi) is 4.73. The van der Waals surface area contributed by atoms with E-state index in [0.29, 0.717) is 11.3 Å². The lowest BCUT2D eigenvalue weighted by Crippen LogP contribution is -2.08. The summed E-state index contributed by atoms with van der Waals surface area (Å²) in [7, 11) is 1.53. The van der Waals surface area contributed by atoms with Gasteiger partial charge in [-0.05, 0) is 42.3 Å². The number of methoxy groups -OCH3 is 1. The highest BCUT2D eigenvalue weighted by atomic mass is 79.9. The van der Waals surface area contributed by atoms with Crippen molar-refractivity contribution in [1.29, 1.82) is 0 Å². The minimum Gasteiger partial charge on any atom is -0.497 e. The van der Waals surface area contributed by atoms with Crippen LogP contribution in [0.15, 0.2) is 34.8 Å². The van der Waals surface area contributed by atoms with Crippen molar-refractivity contribution < 1.29 is 18.3 Å². The molecule has 0 atom stereocenters. The third-order valence-electron chi connectivity index (χ3n) is 3.15. The van der Waals surface area contributed by atoms with Gasteiger partial charge in [0.2, 0.25) is 0 Å². The van der Waals surface area contributed by atoms with E-state index in [1.807, 2.05) is 0 Å². The van der Waals surface area contributed by atoms with Gasteiger partial charge in [0.1, 0.15) is 17.4 Å². The zero-order valence-corrected chi connectivity index (χ0v) is 13.1. The molecule has 0 aliphatic heterocycles. The maximum atomic E-state index is 13.7. The van der Waals surface area contributed by atoms with E-state index in [1.54, 1.807) is 18.2 Å². The van der Waals surface area contributed by atoms with Crippen LogP contribution >= 0.6 is 15.9 Å². The summed E-state index contributed by atoms with van der Waals surface area (Å²) in [4.78, 5) is 12.2. The molecule has 0 amide bonds. The normalized spacial score (nSPS) is 10.5. The topological polar surface area (TPSA) is 26.3 Å². The second-order valence-electron chi connectivity index (χ2n) is 4.64. The molecule has 0 radical (unpaired) electrons. The van der Waals surface area contributed by atoms with Crippen molar-refractivity contribution in [3.8, 4) is 5.75 Å². The molecule has 0 spiro atoms. The Morgan fingerprint density at radius 2 is 1.90 bits per heavy atom. The molecule has 0 aliphatic rings. The third kappa shape index (κ3) is 3.47. The summed E-state index contributed by atoms with van der Waals surface area (Å²) in [5.41, 5.74) is 0.814. The van der Waals surface area contributed by atoms with Gasteiger partial charge in [0.15, 0.2) is 5.78 Å². The van der Waals surface area contributed by atoms with Gasteiger partial charge in [0, 0.05) is 17.0 Å². The molecule has 0 aliphatic carbocycles. The molecular formula is C16H13BrF2O2. The summed E-state index contributed by atoms with van der Waals surface area (Å²) in [6.45, 7) is 1.49. The lowest BCUT2D eigenvalue weighted by atomic mass is 10.0. The minimum atomic E-state index is -0.845. The van der Waals surface area contributed by atoms with Crippen LogP contribution in [0.4, 0.5) is 8.78 Å². The maximum absolute atomic E-state index is 13.7. The fourth-order valence-corrected chi connectivity index (χ4v) is 2.34. The highest BCUT2D eigenvalue weighted by Gasteiger charge is 2.16. The molecule has 110 valence electrons. The molecule has 2 rings (SSSR count). The number of aryl methyl sites for hydroxylation is 1. The molecule has 0 saturated carbocycles. The van der Waals surface area contributed by atoms with Gasteiger partial charge in [-0.15, -0.1) is 0 Å². The van der Waals surface area contributed by atoms with Gasteiger partial charge in [-0.3, -0.25) is 4.79 Å². The van der Waals surface area contributed by atoms with Crippen LogP contribution in [-0.4, -0.2) is 12.9 Å². The molecule has 0 fully saturated rings. The fourth-order valence-electron chi connectivity index (χ4n) is 1.95. The van der Waals surface area contributed by atoms with Gasteiger partial charge in [-0.1, -0.05) is 15.9 Å². The molecule has 0 heterocycles. The van der Waals surface area contributed by atoms with Crippen molar-refractivity contribution in [2.24, 2.45) is 0 Å². The minimum absolute atomic E-state index is 0.000223. The molecule has 2 aromatic carbocycles. The number of benzene rings is 2. The first-order valence-electron chi connectivity index (χ1n) is 6.23. The first kappa shape index (κ1) is 15.6. The number of halogens is 3. The number of carbonyl (C=O) groups is 1. The quantitative estimate of drug-likeness (QED) is 0.757. The first-order valence-corrected chi connectivity index (χ1v) is 7.03. The van der Waals surface area contributed by atoms with Crippen molar-refractivity contribution in [1.82, 2.24) is 0 Å². The number of rotatable bonds is 4. The van der Waals surface area contributed by atoms with E-state index in [2.05, 4.69) is 15.9 Å². The molecule has 0 aromatic heterocycles. The van der Waals surface area contributed by atoms with E-state index in [0.717, 1.165) is 10.5 Å². The zero-order valence-electron chi connectivity index (χ0n) is 11.5. The summed E-state index contributed by atoms with van der Waals surface area (Å²) in [5, 5.41) is 0. The van der Waals surface area contributed by atoms with E-state index in [9.17, 15) is 13.6 Å². The number of ketones is 1. The Bertz CT molecular complexity index is 699. The van der Waals surface area contributed by atoms with Gasteiger partial charge in [-0.2, -0.15) is 0 Å². The average Bonchev–Trinajstić information content (AvgIpc) is 2.45. The SMILES string of the molecule is COc1ccc(Br)c(CC(=O)c2cc(C)c(F)cc2F)c1.